The first kappa shape index (κ1) is 11.4. The Bertz CT molecular complexity index is 352. The van der Waals surface area contributed by atoms with E-state index in [0.717, 1.165) is 9.50 Å². The molecule has 1 fully saturated rings. The van der Waals surface area contributed by atoms with Crippen LogP contribution in [0.25, 0.3) is 0 Å². The molecule has 1 aliphatic rings. The molecule has 1 unspecified atom stereocenters. The van der Waals surface area contributed by atoms with Gasteiger partial charge in [0.15, 0.2) is 0 Å². The zero-order chi connectivity index (χ0) is 10.8. The van der Waals surface area contributed by atoms with Gasteiger partial charge in [-0.2, -0.15) is 0 Å². The summed E-state index contributed by atoms with van der Waals surface area (Å²) in [6, 6.07) is 6.26. The molecule has 1 aliphatic carbocycles. The number of nitrogens with two attached hydrogens (primary N) is 1. The molecule has 1 atom stereocenters. The largest absolute Gasteiger partial charge is 0.271 e. The van der Waals surface area contributed by atoms with Gasteiger partial charge in [-0.1, -0.05) is 24.1 Å². The maximum absolute atomic E-state index is 6.07. The van der Waals surface area contributed by atoms with E-state index >= 15 is 0 Å². The van der Waals surface area contributed by atoms with Crippen molar-refractivity contribution in [3.8, 4) is 0 Å². The smallest absolute Gasteiger partial charge is 0.0551 e. The van der Waals surface area contributed by atoms with E-state index < -0.39 is 0 Å². The Labute approximate surface area is 103 Å². The normalized spacial score (nSPS) is 18.6. The summed E-state index contributed by atoms with van der Waals surface area (Å²) in [6.07, 6.45) is 3.82. The molecule has 0 aliphatic heterocycles. The van der Waals surface area contributed by atoms with E-state index in [2.05, 4.69) is 27.4 Å². The average molecular weight is 290 g/mol. The van der Waals surface area contributed by atoms with Crippen LogP contribution in [0.4, 0.5) is 0 Å². The van der Waals surface area contributed by atoms with E-state index in [1.807, 2.05) is 12.1 Å². The first-order chi connectivity index (χ1) is 7.22. The molecule has 0 aromatic heterocycles. The third-order valence-electron chi connectivity index (χ3n) is 3.10. The molecule has 0 amide bonds. The van der Waals surface area contributed by atoms with Crippen molar-refractivity contribution in [2.24, 2.45) is 11.8 Å². The van der Waals surface area contributed by atoms with E-state index in [9.17, 15) is 0 Å². The van der Waals surface area contributed by atoms with Crippen LogP contribution in [0.15, 0.2) is 22.7 Å². The summed E-state index contributed by atoms with van der Waals surface area (Å²) in [4.78, 5) is 0. The number of hydrogen-bond donors (Lipinski definition) is 2. The molecule has 0 heterocycles. The topological polar surface area (TPSA) is 38.0 Å². The van der Waals surface area contributed by atoms with Crippen LogP contribution in [0.3, 0.4) is 0 Å². The van der Waals surface area contributed by atoms with Crippen LogP contribution in [0.5, 0.6) is 0 Å². The molecule has 1 aromatic carbocycles. The van der Waals surface area contributed by atoms with Crippen LogP contribution < -0.4 is 11.3 Å². The highest BCUT2D eigenvalue weighted by molar-refractivity contribution is 9.10. The second kappa shape index (κ2) is 4.83. The van der Waals surface area contributed by atoms with Crippen LogP contribution in [-0.2, 0) is 0 Å². The van der Waals surface area contributed by atoms with Crippen molar-refractivity contribution >= 4 is 27.5 Å². The average Bonchev–Trinajstić information content (AvgIpc) is 2.16. The van der Waals surface area contributed by atoms with Crippen molar-refractivity contribution in [1.82, 2.24) is 5.43 Å². The Morgan fingerprint density at radius 3 is 2.67 bits per heavy atom. The highest BCUT2D eigenvalue weighted by atomic mass is 79.9. The molecule has 2 nitrogen and oxygen atoms in total. The van der Waals surface area contributed by atoms with Crippen LogP contribution in [0.1, 0.15) is 30.9 Å². The monoisotopic (exact) mass is 288 g/mol. The molecule has 0 saturated heterocycles. The predicted molar refractivity (Wildman–Crippen MR) is 66.6 cm³/mol. The minimum absolute atomic E-state index is 0.240. The number of rotatable bonds is 3. The molecule has 2 rings (SSSR count). The lowest BCUT2D eigenvalue weighted by atomic mass is 9.77. The number of benzene rings is 1. The zero-order valence-corrected chi connectivity index (χ0v) is 10.7. The summed E-state index contributed by atoms with van der Waals surface area (Å²) in [5, 5.41) is 0.743. The molecule has 0 spiro atoms. The lowest BCUT2D eigenvalue weighted by Crippen LogP contribution is -2.36. The van der Waals surface area contributed by atoms with Gasteiger partial charge in [-0.05, 0) is 52.4 Å². The second-order valence-corrected chi connectivity index (χ2v) is 5.27. The molecule has 1 aromatic rings. The molecule has 15 heavy (non-hydrogen) atoms. The summed E-state index contributed by atoms with van der Waals surface area (Å²) >= 11 is 9.45. The van der Waals surface area contributed by atoms with Crippen molar-refractivity contribution in [2.75, 3.05) is 0 Å². The molecular weight excluding hydrogens is 275 g/mol. The van der Waals surface area contributed by atoms with Gasteiger partial charge in [0.1, 0.15) is 0 Å². The van der Waals surface area contributed by atoms with Gasteiger partial charge in [-0.15, -0.1) is 0 Å². The molecule has 1 saturated carbocycles. The Hall–Kier alpha value is -0.0900. The Morgan fingerprint density at radius 2 is 2.20 bits per heavy atom. The van der Waals surface area contributed by atoms with Gasteiger partial charge in [-0.3, -0.25) is 11.3 Å². The van der Waals surface area contributed by atoms with Gasteiger partial charge in [0.25, 0.3) is 0 Å². The van der Waals surface area contributed by atoms with Crippen LogP contribution >= 0.6 is 27.5 Å². The Balaban J connectivity index is 2.21. The van der Waals surface area contributed by atoms with Gasteiger partial charge in [0, 0.05) is 10.5 Å². The molecule has 0 radical (unpaired) electrons. The summed E-state index contributed by atoms with van der Waals surface area (Å²) in [5.74, 6) is 6.26. The van der Waals surface area contributed by atoms with Gasteiger partial charge in [-0.25, -0.2) is 0 Å². The second-order valence-electron chi connectivity index (χ2n) is 4.01. The fourth-order valence-corrected chi connectivity index (χ4v) is 2.42. The van der Waals surface area contributed by atoms with E-state index in [1.165, 1.54) is 24.8 Å². The molecule has 82 valence electrons. The van der Waals surface area contributed by atoms with Crippen molar-refractivity contribution in [1.29, 1.82) is 0 Å². The van der Waals surface area contributed by atoms with Gasteiger partial charge < -0.3 is 0 Å². The maximum atomic E-state index is 6.07. The van der Waals surface area contributed by atoms with Crippen molar-refractivity contribution < 1.29 is 0 Å². The SMILES string of the molecule is NNC(c1ccc(Br)c(Cl)c1)C1CCC1. The molecular formula is C11H14BrClN2. The summed E-state index contributed by atoms with van der Waals surface area (Å²) in [6.45, 7) is 0. The highest BCUT2D eigenvalue weighted by Gasteiger charge is 2.27. The fraction of sp³-hybridized carbons (Fsp3) is 0.455. The van der Waals surface area contributed by atoms with Crippen LogP contribution in [-0.4, -0.2) is 0 Å². The van der Waals surface area contributed by atoms with Crippen LogP contribution in [0.2, 0.25) is 5.02 Å². The summed E-state index contributed by atoms with van der Waals surface area (Å²) in [5.41, 5.74) is 4.07. The van der Waals surface area contributed by atoms with Gasteiger partial charge >= 0.3 is 0 Å². The highest BCUT2D eigenvalue weighted by Crippen LogP contribution is 2.38. The zero-order valence-electron chi connectivity index (χ0n) is 8.34. The number of nitrogens with one attached hydrogen (secondary N) is 1. The quantitative estimate of drug-likeness (QED) is 0.661. The lowest BCUT2D eigenvalue weighted by Gasteiger charge is -2.33. The fourth-order valence-electron chi connectivity index (χ4n) is 1.98. The van der Waals surface area contributed by atoms with Crippen molar-refractivity contribution in [2.45, 2.75) is 25.3 Å². The van der Waals surface area contributed by atoms with Crippen molar-refractivity contribution in [3.05, 3.63) is 33.3 Å². The van der Waals surface area contributed by atoms with E-state index in [4.69, 9.17) is 17.4 Å². The van der Waals surface area contributed by atoms with Crippen LogP contribution in [0, 0.1) is 5.92 Å². The minimum Gasteiger partial charge on any atom is -0.271 e. The van der Waals surface area contributed by atoms with E-state index in [0.29, 0.717) is 5.92 Å². The molecule has 4 heteroatoms. The standard InChI is InChI=1S/C11H14BrClN2/c12-9-5-4-8(6-10(9)13)11(15-14)7-2-1-3-7/h4-7,11,15H,1-3,14H2. The van der Waals surface area contributed by atoms with E-state index in [-0.39, 0.29) is 6.04 Å². The minimum atomic E-state index is 0.240. The molecule has 3 N–H and O–H groups in total. The first-order valence-electron chi connectivity index (χ1n) is 5.13. The van der Waals surface area contributed by atoms with Crippen molar-refractivity contribution in [3.63, 3.8) is 0 Å². The Kier molecular flexibility index (Phi) is 3.67. The number of hydrogen-bond acceptors (Lipinski definition) is 2. The summed E-state index contributed by atoms with van der Waals surface area (Å²) in [7, 11) is 0. The number of hydrazine groups is 1. The predicted octanol–water partition coefficient (Wildman–Crippen LogP) is 3.41. The van der Waals surface area contributed by atoms with E-state index in [1.54, 1.807) is 0 Å². The third-order valence-corrected chi connectivity index (χ3v) is 4.34. The van der Waals surface area contributed by atoms with Gasteiger partial charge in [0.05, 0.1) is 5.02 Å². The lowest BCUT2D eigenvalue weighted by molar-refractivity contribution is 0.232. The number of halogens is 2. The first-order valence-corrected chi connectivity index (χ1v) is 6.30. The summed E-state index contributed by atoms with van der Waals surface area (Å²) < 4.78 is 0.928. The van der Waals surface area contributed by atoms with Gasteiger partial charge in [0.2, 0.25) is 0 Å². The maximum Gasteiger partial charge on any atom is 0.0551 e. The third kappa shape index (κ3) is 2.36. The molecule has 0 bridgehead atoms. The Morgan fingerprint density at radius 1 is 1.47 bits per heavy atom.